The minimum atomic E-state index is -4.40. The van der Waals surface area contributed by atoms with Crippen molar-refractivity contribution in [1.29, 1.82) is 0 Å². The minimum Gasteiger partial charge on any atom is -0.481 e. The van der Waals surface area contributed by atoms with E-state index in [0.29, 0.717) is 18.8 Å². The van der Waals surface area contributed by atoms with Gasteiger partial charge in [-0.3, -0.25) is 4.79 Å². The van der Waals surface area contributed by atoms with Gasteiger partial charge in [-0.25, -0.2) is 4.98 Å². The molecule has 2 N–H and O–H groups in total. The lowest BCUT2D eigenvalue weighted by molar-refractivity contribution is -0.138. The van der Waals surface area contributed by atoms with Crippen molar-refractivity contribution < 1.29 is 23.1 Å². The van der Waals surface area contributed by atoms with E-state index in [-0.39, 0.29) is 12.3 Å². The quantitative estimate of drug-likeness (QED) is 0.838. The third kappa shape index (κ3) is 5.15. The SMILES string of the molecule is CCC(CNc1ccc(C(F)(F)F)cn1)CC(=O)O. The average molecular weight is 276 g/mol. The second-order valence-electron chi connectivity index (χ2n) is 4.18. The molecule has 7 heteroatoms. The second kappa shape index (κ2) is 6.40. The molecule has 106 valence electrons. The molecule has 0 aromatic carbocycles. The molecular weight excluding hydrogens is 261 g/mol. The largest absolute Gasteiger partial charge is 0.481 e. The molecule has 0 aliphatic carbocycles. The Morgan fingerprint density at radius 1 is 1.47 bits per heavy atom. The average Bonchev–Trinajstić information content (AvgIpc) is 2.33. The molecule has 19 heavy (non-hydrogen) atoms. The molecule has 0 bridgehead atoms. The van der Waals surface area contributed by atoms with Crippen molar-refractivity contribution in [3.63, 3.8) is 0 Å². The molecule has 0 aliphatic heterocycles. The smallest absolute Gasteiger partial charge is 0.417 e. The molecule has 0 radical (unpaired) electrons. The first-order valence-corrected chi connectivity index (χ1v) is 5.81. The van der Waals surface area contributed by atoms with Gasteiger partial charge in [0.1, 0.15) is 5.82 Å². The Bertz CT molecular complexity index is 418. The molecule has 0 saturated heterocycles. The van der Waals surface area contributed by atoms with Crippen LogP contribution in [0.1, 0.15) is 25.3 Å². The lowest BCUT2D eigenvalue weighted by Crippen LogP contribution is -2.18. The van der Waals surface area contributed by atoms with Gasteiger partial charge < -0.3 is 10.4 Å². The summed E-state index contributed by atoms with van der Waals surface area (Å²) in [5, 5.41) is 11.5. The lowest BCUT2D eigenvalue weighted by Gasteiger charge is -2.14. The number of pyridine rings is 1. The zero-order valence-corrected chi connectivity index (χ0v) is 10.4. The summed E-state index contributed by atoms with van der Waals surface area (Å²) in [6, 6.07) is 2.17. The Morgan fingerprint density at radius 3 is 2.58 bits per heavy atom. The van der Waals surface area contributed by atoms with E-state index < -0.39 is 17.7 Å². The number of aromatic nitrogens is 1. The number of hydrogen-bond acceptors (Lipinski definition) is 3. The van der Waals surface area contributed by atoms with Crippen molar-refractivity contribution in [1.82, 2.24) is 4.98 Å². The van der Waals surface area contributed by atoms with Gasteiger partial charge in [-0.15, -0.1) is 0 Å². The van der Waals surface area contributed by atoms with E-state index in [4.69, 9.17) is 5.11 Å². The number of halogens is 3. The highest BCUT2D eigenvalue weighted by Crippen LogP contribution is 2.28. The van der Waals surface area contributed by atoms with Gasteiger partial charge >= 0.3 is 12.1 Å². The molecular formula is C12H15F3N2O2. The number of nitrogens with zero attached hydrogens (tertiary/aromatic N) is 1. The van der Waals surface area contributed by atoms with Crippen LogP contribution in [-0.2, 0) is 11.0 Å². The predicted octanol–water partition coefficient (Wildman–Crippen LogP) is 3.01. The Labute approximate surface area is 108 Å². The fraction of sp³-hybridized carbons (Fsp3) is 0.500. The fourth-order valence-electron chi connectivity index (χ4n) is 1.52. The molecule has 0 fully saturated rings. The van der Waals surface area contributed by atoms with Crippen molar-refractivity contribution in [3.8, 4) is 0 Å². The van der Waals surface area contributed by atoms with Crippen LogP contribution in [0, 0.1) is 5.92 Å². The van der Waals surface area contributed by atoms with Crippen LogP contribution < -0.4 is 5.32 Å². The van der Waals surface area contributed by atoms with E-state index in [0.717, 1.165) is 12.3 Å². The maximum Gasteiger partial charge on any atom is 0.417 e. The number of carboxylic acids is 1. The van der Waals surface area contributed by atoms with E-state index in [1.807, 2.05) is 6.92 Å². The molecule has 0 spiro atoms. The van der Waals surface area contributed by atoms with E-state index >= 15 is 0 Å². The van der Waals surface area contributed by atoms with Gasteiger partial charge in [-0.05, 0) is 18.1 Å². The van der Waals surface area contributed by atoms with Crippen LogP contribution in [0.15, 0.2) is 18.3 Å². The van der Waals surface area contributed by atoms with Crippen LogP contribution in [-0.4, -0.2) is 22.6 Å². The van der Waals surface area contributed by atoms with Crippen LogP contribution in [0.2, 0.25) is 0 Å². The topological polar surface area (TPSA) is 62.2 Å². The Morgan fingerprint density at radius 2 is 2.16 bits per heavy atom. The molecule has 1 aromatic rings. The van der Waals surface area contributed by atoms with Crippen LogP contribution in [0.4, 0.5) is 19.0 Å². The third-order valence-corrected chi connectivity index (χ3v) is 2.70. The van der Waals surface area contributed by atoms with E-state index in [1.165, 1.54) is 6.07 Å². The highest BCUT2D eigenvalue weighted by Gasteiger charge is 2.30. The van der Waals surface area contributed by atoms with Crippen molar-refractivity contribution in [2.24, 2.45) is 5.92 Å². The number of aliphatic carboxylic acids is 1. The first-order chi connectivity index (χ1) is 8.82. The number of nitrogens with one attached hydrogen (secondary N) is 1. The Kier molecular flexibility index (Phi) is 5.14. The maximum absolute atomic E-state index is 12.3. The first-order valence-electron chi connectivity index (χ1n) is 5.81. The van der Waals surface area contributed by atoms with E-state index in [1.54, 1.807) is 0 Å². The molecule has 4 nitrogen and oxygen atoms in total. The third-order valence-electron chi connectivity index (χ3n) is 2.70. The van der Waals surface area contributed by atoms with E-state index in [2.05, 4.69) is 10.3 Å². The highest BCUT2D eigenvalue weighted by molar-refractivity contribution is 5.67. The van der Waals surface area contributed by atoms with Gasteiger partial charge in [0.25, 0.3) is 0 Å². The van der Waals surface area contributed by atoms with Gasteiger partial charge in [0.2, 0.25) is 0 Å². The van der Waals surface area contributed by atoms with Gasteiger partial charge in [0, 0.05) is 19.2 Å². The molecule has 0 aliphatic rings. The first kappa shape index (κ1) is 15.3. The van der Waals surface area contributed by atoms with Crippen LogP contribution in [0.3, 0.4) is 0 Å². The number of rotatable bonds is 6. The Hall–Kier alpha value is -1.79. The molecule has 1 aromatic heterocycles. The number of hydrogen-bond donors (Lipinski definition) is 2. The molecule has 1 heterocycles. The summed E-state index contributed by atoms with van der Waals surface area (Å²) in [4.78, 5) is 14.2. The summed E-state index contributed by atoms with van der Waals surface area (Å²) in [6.07, 6.45) is -2.97. The minimum absolute atomic E-state index is 0.0180. The molecule has 0 saturated carbocycles. The normalized spacial score (nSPS) is 13.1. The highest BCUT2D eigenvalue weighted by atomic mass is 19.4. The zero-order valence-electron chi connectivity index (χ0n) is 10.4. The van der Waals surface area contributed by atoms with Crippen LogP contribution >= 0.6 is 0 Å². The fourth-order valence-corrected chi connectivity index (χ4v) is 1.52. The van der Waals surface area contributed by atoms with Crippen LogP contribution in [0.5, 0.6) is 0 Å². The number of alkyl halides is 3. The number of carbonyl (C=O) groups is 1. The summed E-state index contributed by atoms with van der Waals surface area (Å²) in [5.74, 6) is -0.674. The molecule has 1 unspecified atom stereocenters. The van der Waals surface area contributed by atoms with Crippen molar-refractivity contribution in [3.05, 3.63) is 23.9 Å². The summed E-state index contributed by atoms with van der Waals surface area (Å²) in [5.41, 5.74) is -0.810. The zero-order chi connectivity index (χ0) is 14.5. The van der Waals surface area contributed by atoms with Crippen LogP contribution in [0.25, 0.3) is 0 Å². The van der Waals surface area contributed by atoms with Crippen molar-refractivity contribution in [2.45, 2.75) is 25.9 Å². The standard InChI is InChI=1S/C12H15F3N2O2/c1-2-8(5-11(18)19)6-16-10-4-3-9(7-17-10)12(13,14)15/h3-4,7-8H,2,5-6H2,1H3,(H,16,17)(H,18,19). The summed E-state index contributed by atoms with van der Waals surface area (Å²) in [7, 11) is 0. The summed E-state index contributed by atoms with van der Waals surface area (Å²) in [6.45, 7) is 2.22. The van der Waals surface area contributed by atoms with Gasteiger partial charge in [-0.1, -0.05) is 13.3 Å². The van der Waals surface area contributed by atoms with E-state index in [9.17, 15) is 18.0 Å². The molecule has 1 atom stereocenters. The number of anilines is 1. The number of carboxylic acid groups (broad SMARTS) is 1. The van der Waals surface area contributed by atoms with Gasteiger partial charge in [0.15, 0.2) is 0 Å². The van der Waals surface area contributed by atoms with Crippen molar-refractivity contribution >= 4 is 11.8 Å². The predicted molar refractivity (Wildman–Crippen MR) is 63.8 cm³/mol. The monoisotopic (exact) mass is 276 g/mol. The summed E-state index contributed by atoms with van der Waals surface area (Å²) < 4.78 is 36.9. The van der Waals surface area contributed by atoms with Gasteiger partial charge in [0.05, 0.1) is 5.56 Å². The summed E-state index contributed by atoms with van der Waals surface area (Å²) >= 11 is 0. The Balaban J connectivity index is 2.56. The molecule has 0 amide bonds. The van der Waals surface area contributed by atoms with Gasteiger partial charge in [-0.2, -0.15) is 13.2 Å². The second-order valence-corrected chi connectivity index (χ2v) is 4.18. The lowest BCUT2D eigenvalue weighted by atomic mass is 10.0. The maximum atomic E-state index is 12.3. The van der Waals surface area contributed by atoms with Crippen molar-refractivity contribution in [2.75, 3.05) is 11.9 Å². The molecule has 1 rings (SSSR count).